The van der Waals surface area contributed by atoms with Gasteiger partial charge in [-0.3, -0.25) is 4.79 Å². The van der Waals surface area contributed by atoms with Gasteiger partial charge in [-0.2, -0.15) is 0 Å². The van der Waals surface area contributed by atoms with Crippen molar-refractivity contribution in [2.24, 2.45) is 5.73 Å². The molecule has 0 bridgehead atoms. The van der Waals surface area contributed by atoms with Crippen molar-refractivity contribution in [3.05, 3.63) is 0 Å². The highest BCUT2D eigenvalue weighted by Crippen LogP contribution is 2.15. The van der Waals surface area contributed by atoms with Crippen molar-refractivity contribution in [3.8, 4) is 0 Å². The van der Waals surface area contributed by atoms with E-state index in [4.69, 9.17) is 10.5 Å². The van der Waals surface area contributed by atoms with Crippen molar-refractivity contribution in [2.45, 2.75) is 51.8 Å². The van der Waals surface area contributed by atoms with Crippen molar-refractivity contribution in [2.75, 3.05) is 13.1 Å². The second-order valence-electron chi connectivity index (χ2n) is 5.70. The van der Waals surface area contributed by atoms with Gasteiger partial charge in [0.05, 0.1) is 6.04 Å². The van der Waals surface area contributed by atoms with Gasteiger partial charge in [0.2, 0.25) is 5.91 Å². The van der Waals surface area contributed by atoms with E-state index in [1.54, 1.807) is 11.8 Å². The summed E-state index contributed by atoms with van der Waals surface area (Å²) >= 11 is 0. The molecule has 0 saturated carbocycles. The lowest BCUT2D eigenvalue weighted by molar-refractivity contribution is -0.119. The van der Waals surface area contributed by atoms with E-state index in [9.17, 15) is 9.59 Å². The Morgan fingerprint density at radius 3 is 2.56 bits per heavy atom. The predicted molar refractivity (Wildman–Crippen MR) is 68.0 cm³/mol. The summed E-state index contributed by atoms with van der Waals surface area (Å²) in [6.07, 6.45) is 0.496. The Morgan fingerprint density at radius 2 is 2.06 bits per heavy atom. The Bertz CT molecular complexity index is 325. The maximum absolute atomic E-state index is 11.8. The molecular formula is C12H23N3O3. The molecule has 6 nitrogen and oxygen atoms in total. The third-order valence-electron chi connectivity index (χ3n) is 2.75. The Kier molecular flexibility index (Phi) is 4.56. The molecule has 18 heavy (non-hydrogen) atoms. The first kappa shape index (κ1) is 14.8. The number of hydrogen-bond acceptors (Lipinski definition) is 4. The fourth-order valence-electron chi connectivity index (χ4n) is 1.82. The number of amides is 2. The Balaban J connectivity index is 2.41. The third-order valence-corrected chi connectivity index (χ3v) is 2.75. The SMILES string of the molecule is CC(NC1CCN(C(=O)OC(C)(C)C)C1)C(N)=O. The minimum Gasteiger partial charge on any atom is -0.444 e. The molecular weight excluding hydrogens is 234 g/mol. The lowest BCUT2D eigenvalue weighted by Gasteiger charge is -2.24. The molecule has 3 N–H and O–H groups in total. The molecule has 1 aliphatic heterocycles. The number of likely N-dealkylation sites (tertiary alicyclic amines) is 1. The monoisotopic (exact) mass is 257 g/mol. The summed E-state index contributed by atoms with van der Waals surface area (Å²) in [5, 5.41) is 3.10. The Morgan fingerprint density at radius 1 is 1.44 bits per heavy atom. The zero-order valence-electron chi connectivity index (χ0n) is 11.5. The fourth-order valence-corrected chi connectivity index (χ4v) is 1.82. The summed E-state index contributed by atoms with van der Waals surface area (Å²) in [6, 6.07) is -0.284. The second-order valence-corrected chi connectivity index (χ2v) is 5.70. The number of nitrogens with zero attached hydrogens (tertiary/aromatic N) is 1. The normalized spacial score (nSPS) is 21.8. The van der Waals surface area contributed by atoms with Crippen LogP contribution in [-0.2, 0) is 9.53 Å². The van der Waals surface area contributed by atoms with Crippen molar-refractivity contribution in [1.29, 1.82) is 0 Å². The van der Waals surface area contributed by atoms with Crippen LogP contribution in [0.25, 0.3) is 0 Å². The van der Waals surface area contributed by atoms with Crippen LogP contribution < -0.4 is 11.1 Å². The van der Waals surface area contributed by atoms with Crippen LogP contribution in [0.1, 0.15) is 34.1 Å². The van der Waals surface area contributed by atoms with E-state index in [0.717, 1.165) is 6.42 Å². The average Bonchev–Trinajstić information content (AvgIpc) is 2.63. The summed E-state index contributed by atoms with van der Waals surface area (Å²) in [7, 11) is 0. The quantitative estimate of drug-likeness (QED) is 0.769. The third kappa shape index (κ3) is 4.52. The number of primary amides is 1. The molecule has 6 heteroatoms. The molecule has 0 aromatic heterocycles. The average molecular weight is 257 g/mol. The van der Waals surface area contributed by atoms with Crippen LogP contribution in [0.2, 0.25) is 0 Å². The summed E-state index contributed by atoms with van der Waals surface area (Å²) in [5.41, 5.74) is 4.70. The summed E-state index contributed by atoms with van der Waals surface area (Å²) in [5.74, 6) is -0.384. The van der Waals surface area contributed by atoms with Gasteiger partial charge in [0, 0.05) is 19.1 Å². The van der Waals surface area contributed by atoms with Crippen LogP contribution in [0.15, 0.2) is 0 Å². The molecule has 104 valence electrons. The van der Waals surface area contributed by atoms with E-state index in [1.165, 1.54) is 0 Å². The molecule has 0 aliphatic carbocycles. The molecule has 0 aromatic rings. The van der Waals surface area contributed by atoms with Gasteiger partial charge in [0.1, 0.15) is 5.60 Å². The fraction of sp³-hybridized carbons (Fsp3) is 0.833. The Labute approximate surface area is 108 Å². The van der Waals surface area contributed by atoms with Crippen LogP contribution in [0.4, 0.5) is 4.79 Å². The van der Waals surface area contributed by atoms with Gasteiger partial charge in [-0.15, -0.1) is 0 Å². The minimum atomic E-state index is -0.483. The van der Waals surface area contributed by atoms with Gasteiger partial charge < -0.3 is 20.7 Å². The molecule has 2 unspecified atom stereocenters. The number of carbonyl (C=O) groups is 2. The van der Waals surface area contributed by atoms with Gasteiger partial charge in [-0.1, -0.05) is 0 Å². The molecule has 0 spiro atoms. The lowest BCUT2D eigenvalue weighted by Crippen LogP contribution is -2.46. The molecule has 1 heterocycles. The van der Waals surface area contributed by atoms with E-state index >= 15 is 0 Å². The van der Waals surface area contributed by atoms with E-state index in [0.29, 0.717) is 13.1 Å². The maximum atomic E-state index is 11.8. The predicted octanol–water partition coefficient (Wildman–Crippen LogP) is 0.459. The largest absolute Gasteiger partial charge is 0.444 e. The molecule has 0 radical (unpaired) electrons. The molecule has 2 atom stereocenters. The van der Waals surface area contributed by atoms with E-state index < -0.39 is 5.60 Å². The van der Waals surface area contributed by atoms with E-state index in [2.05, 4.69) is 5.32 Å². The second kappa shape index (κ2) is 5.56. The highest BCUT2D eigenvalue weighted by Gasteiger charge is 2.30. The smallest absolute Gasteiger partial charge is 0.410 e. The highest BCUT2D eigenvalue weighted by molar-refractivity contribution is 5.79. The van der Waals surface area contributed by atoms with E-state index in [-0.39, 0.29) is 24.1 Å². The van der Waals surface area contributed by atoms with Gasteiger partial charge in [-0.05, 0) is 34.1 Å². The van der Waals surface area contributed by atoms with E-state index in [1.807, 2.05) is 20.8 Å². The number of ether oxygens (including phenoxy) is 1. The maximum Gasteiger partial charge on any atom is 0.410 e. The summed E-state index contributed by atoms with van der Waals surface area (Å²) in [4.78, 5) is 24.4. The highest BCUT2D eigenvalue weighted by atomic mass is 16.6. The molecule has 1 rings (SSSR count). The van der Waals surface area contributed by atoms with Crippen LogP contribution >= 0.6 is 0 Å². The standard InChI is InChI=1S/C12H23N3O3/c1-8(10(13)16)14-9-5-6-15(7-9)11(17)18-12(2,3)4/h8-9,14H,5-7H2,1-4H3,(H2,13,16). The summed E-state index contributed by atoms with van der Waals surface area (Å²) in [6.45, 7) is 8.42. The minimum absolute atomic E-state index is 0.0972. The zero-order valence-corrected chi connectivity index (χ0v) is 11.5. The number of rotatable bonds is 3. The van der Waals surface area contributed by atoms with Gasteiger partial charge in [-0.25, -0.2) is 4.79 Å². The molecule has 0 aromatic carbocycles. The number of nitrogens with one attached hydrogen (secondary N) is 1. The van der Waals surface area contributed by atoms with Crippen molar-refractivity contribution in [1.82, 2.24) is 10.2 Å². The van der Waals surface area contributed by atoms with Crippen LogP contribution in [0.5, 0.6) is 0 Å². The van der Waals surface area contributed by atoms with Crippen LogP contribution in [0.3, 0.4) is 0 Å². The molecule has 1 fully saturated rings. The van der Waals surface area contributed by atoms with Crippen molar-refractivity contribution in [3.63, 3.8) is 0 Å². The van der Waals surface area contributed by atoms with Crippen LogP contribution in [0, 0.1) is 0 Å². The summed E-state index contributed by atoms with van der Waals surface area (Å²) < 4.78 is 5.29. The molecule has 2 amide bonds. The van der Waals surface area contributed by atoms with Gasteiger partial charge in [0.25, 0.3) is 0 Å². The van der Waals surface area contributed by atoms with Gasteiger partial charge in [0.15, 0.2) is 0 Å². The van der Waals surface area contributed by atoms with Crippen molar-refractivity contribution < 1.29 is 14.3 Å². The molecule has 1 aliphatic rings. The first-order chi connectivity index (χ1) is 8.19. The number of carbonyl (C=O) groups excluding carboxylic acids is 2. The Hall–Kier alpha value is -1.30. The van der Waals surface area contributed by atoms with Crippen molar-refractivity contribution >= 4 is 12.0 Å². The lowest BCUT2D eigenvalue weighted by atomic mass is 10.2. The van der Waals surface area contributed by atoms with Gasteiger partial charge >= 0.3 is 6.09 Å². The van der Waals surface area contributed by atoms with Crippen LogP contribution in [-0.4, -0.2) is 47.7 Å². The zero-order chi connectivity index (χ0) is 13.9. The first-order valence-electron chi connectivity index (χ1n) is 6.22. The first-order valence-corrected chi connectivity index (χ1v) is 6.22. The molecule has 1 saturated heterocycles. The number of hydrogen-bond donors (Lipinski definition) is 2. The topological polar surface area (TPSA) is 84.7 Å². The number of nitrogens with two attached hydrogens (primary N) is 1.